The first-order valence-electron chi connectivity index (χ1n) is 3.04. The van der Waals surface area contributed by atoms with E-state index in [0.717, 1.165) is 10.9 Å². The fourth-order valence-corrected chi connectivity index (χ4v) is 0.870. The van der Waals surface area contributed by atoms with Crippen LogP contribution in [0.1, 0.15) is 11.3 Å². The van der Waals surface area contributed by atoms with Crippen LogP contribution in [0, 0.1) is 11.3 Å². The van der Waals surface area contributed by atoms with Crippen molar-refractivity contribution in [3.63, 3.8) is 0 Å². The second kappa shape index (κ2) is 3.94. The van der Waals surface area contributed by atoms with Crippen LogP contribution in [0.15, 0.2) is 12.3 Å². The molecule has 0 aliphatic carbocycles. The van der Waals surface area contributed by atoms with Gasteiger partial charge in [-0.05, 0) is 0 Å². The molecule has 1 aromatic rings. The Kier molecular flexibility index (Phi) is 2.87. The van der Waals surface area contributed by atoms with Crippen LogP contribution < -0.4 is 0 Å². The molecule has 3 nitrogen and oxygen atoms in total. The molecule has 0 radical (unpaired) electrons. The van der Waals surface area contributed by atoms with Gasteiger partial charge in [0.1, 0.15) is 11.8 Å². The highest BCUT2D eigenvalue weighted by molar-refractivity contribution is 9.09. The van der Waals surface area contributed by atoms with Crippen molar-refractivity contribution in [3.05, 3.63) is 23.5 Å². The van der Waals surface area contributed by atoms with Crippen LogP contribution >= 0.6 is 15.9 Å². The van der Waals surface area contributed by atoms with Gasteiger partial charge in [-0.2, -0.15) is 10.4 Å². The molecule has 0 saturated heterocycles. The summed E-state index contributed by atoms with van der Waals surface area (Å²) in [6.45, 7) is 0. The largest absolute Gasteiger partial charge is 0.267 e. The van der Waals surface area contributed by atoms with Crippen molar-refractivity contribution in [1.82, 2.24) is 10.2 Å². The molecule has 0 spiro atoms. The van der Waals surface area contributed by atoms with Crippen molar-refractivity contribution >= 4 is 22.0 Å². The summed E-state index contributed by atoms with van der Waals surface area (Å²) in [7, 11) is 0. The lowest BCUT2D eigenvalue weighted by atomic mass is 10.2. The molecule has 1 rings (SSSR count). The third kappa shape index (κ3) is 1.92. The summed E-state index contributed by atoms with van der Waals surface area (Å²) in [4.78, 5) is 0. The maximum absolute atomic E-state index is 8.54. The summed E-state index contributed by atoms with van der Waals surface area (Å²) in [5, 5.41) is 15.6. The van der Waals surface area contributed by atoms with Gasteiger partial charge in [-0.15, -0.1) is 0 Å². The number of nitriles is 1. The number of allylic oxidation sites excluding steroid dienone is 1. The Labute approximate surface area is 72.9 Å². The van der Waals surface area contributed by atoms with E-state index in [9.17, 15) is 0 Å². The lowest BCUT2D eigenvalue weighted by Crippen LogP contribution is -1.75. The fraction of sp³-hybridized carbons (Fsp3) is 0.143. The molecule has 1 aromatic heterocycles. The molecule has 0 aliphatic rings. The van der Waals surface area contributed by atoms with Crippen LogP contribution in [-0.4, -0.2) is 15.5 Å². The molecule has 0 amide bonds. The van der Waals surface area contributed by atoms with E-state index in [-0.39, 0.29) is 0 Å². The Hall–Kier alpha value is -1.08. The number of hydrogen-bond acceptors (Lipinski definition) is 2. The number of nitrogens with one attached hydrogen (secondary N) is 1. The van der Waals surface area contributed by atoms with E-state index in [0.29, 0.717) is 5.69 Å². The second-order valence-corrected chi connectivity index (χ2v) is 2.52. The van der Waals surface area contributed by atoms with Gasteiger partial charge in [-0.25, -0.2) is 0 Å². The van der Waals surface area contributed by atoms with Gasteiger partial charge in [0.2, 0.25) is 0 Å². The number of hydrogen-bond donors (Lipinski definition) is 1. The number of H-pyrrole nitrogens is 1. The van der Waals surface area contributed by atoms with Crippen LogP contribution in [0.4, 0.5) is 0 Å². The standard InChI is InChI=1S/C7H6BrN3/c8-3-1-2-6-5-10-11-7(6)4-9/h1-2,5H,3H2,(H,10,11). The minimum Gasteiger partial charge on any atom is -0.267 e. The monoisotopic (exact) mass is 211 g/mol. The zero-order valence-corrected chi connectivity index (χ0v) is 7.30. The summed E-state index contributed by atoms with van der Waals surface area (Å²) in [6.07, 6.45) is 5.38. The highest BCUT2D eigenvalue weighted by Crippen LogP contribution is 2.04. The first-order valence-corrected chi connectivity index (χ1v) is 4.16. The Balaban J connectivity index is 2.87. The van der Waals surface area contributed by atoms with E-state index in [2.05, 4.69) is 26.1 Å². The van der Waals surface area contributed by atoms with E-state index < -0.39 is 0 Å². The van der Waals surface area contributed by atoms with Crippen molar-refractivity contribution in [2.45, 2.75) is 0 Å². The van der Waals surface area contributed by atoms with Gasteiger partial charge in [-0.1, -0.05) is 28.1 Å². The number of aromatic amines is 1. The lowest BCUT2D eigenvalue weighted by Gasteiger charge is -1.82. The zero-order chi connectivity index (χ0) is 8.10. The third-order valence-electron chi connectivity index (χ3n) is 1.17. The lowest BCUT2D eigenvalue weighted by molar-refractivity contribution is 1.07. The van der Waals surface area contributed by atoms with Gasteiger partial charge in [0.25, 0.3) is 0 Å². The normalized spacial score (nSPS) is 10.2. The third-order valence-corrected chi connectivity index (χ3v) is 1.54. The molecule has 1 heterocycles. The predicted molar refractivity (Wildman–Crippen MR) is 46.1 cm³/mol. The highest BCUT2D eigenvalue weighted by Gasteiger charge is 1.97. The smallest absolute Gasteiger partial charge is 0.142 e. The Bertz CT molecular complexity index is 295. The summed E-state index contributed by atoms with van der Waals surface area (Å²) in [5.41, 5.74) is 1.33. The molecule has 0 aromatic carbocycles. The number of aromatic nitrogens is 2. The second-order valence-electron chi connectivity index (χ2n) is 1.87. The maximum Gasteiger partial charge on any atom is 0.142 e. The Morgan fingerprint density at radius 2 is 2.64 bits per heavy atom. The molecule has 1 N–H and O–H groups in total. The quantitative estimate of drug-likeness (QED) is 0.758. The first kappa shape index (κ1) is 8.02. The number of nitrogens with zero attached hydrogens (tertiary/aromatic N) is 2. The van der Waals surface area contributed by atoms with Gasteiger partial charge in [0, 0.05) is 10.9 Å². The van der Waals surface area contributed by atoms with Crippen molar-refractivity contribution in [2.24, 2.45) is 0 Å². The summed E-state index contributed by atoms with van der Waals surface area (Å²) < 4.78 is 0. The molecule has 0 atom stereocenters. The first-order chi connectivity index (χ1) is 5.38. The predicted octanol–water partition coefficient (Wildman–Crippen LogP) is 1.69. The summed E-state index contributed by atoms with van der Waals surface area (Å²) in [5.74, 6) is 0. The molecule has 0 fully saturated rings. The molecule has 11 heavy (non-hydrogen) atoms. The minimum atomic E-state index is 0.502. The van der Waals surface area contributed by atoms with Gasteiger partial charge in [0.05, 0.1) is 6.20 Å². The van der Waals surface area contributed by atoms with Crippen LogP contribution in [-0.2, 0) is 0 Å². The van der Waals surface area contributed by atoms with Crippen molar-refractivity contribution in [3.8, 4) is 6.07 Å². The van der Waals surface area contributed by atoms with Gasteiger partial charge >= 0.3 is 0 Å². The summed E-state index contributed by atoms with van der Waals surface area (Å²) >= 11 is 3.24. The van der Waals surface area contributed by atoms with Crippen molar-refractivity contribution in [1.29, 1.82) is 5.26 Å². The average molecular weight is 212 g/mol. The zero-order valence-electron chi connectivity index (χ0n) is 5.71. The molecular weight excluding hydrogens is 206 g/mol. The van der Waals surface area contributed by atoms with E-state index in [4.69, 9.17) is 5.26 Å². The average Bonchev–Trinajstić information content (AvgIpc) is 2.47. The maximum atomic E-state index is 8.54. The van der Waals surface area contributed by atoms with E-state index in [1.165, 1.54) is 0 Å². The molecule has 0 unspecified atom stereocenters. The summed E-state index contributed by atoms with van der Waals surface area (Å²) in [6, 6.07) is 2.00. The van der Waals surface area contributed by atoms with Crippen LogP contribution in [0.5, 0.6) is 0 Å². The fourth-order valence-electron chi connectivity index (χ4n) is 0.683. The van der Waals surface area contributed by atoms with Gasteiger partial charge < -0.3 is 0 Å². The van der Waals surface area contributed by atoms with Crippen molar-refractivity contribution in [2.75, 3.05) is 5.33 Å². The molecule has 0 aliphatic heterocycles. The van der Waals surface area contributed by atoms with Crippen molar-refractivity contribution < 1.29 is 0 Å². The van der Waals surface area contributed by atoms with Crippen LogP contribution in [0.3, 0.4) is 0 Å². The highest BCUT2D eigenvalue weighted by atomic mass is 79.9. The van der Waals surface area contributed by atoms with Gasteiger partial charge in [-0.3, -0.25) is 5.10 Å². The molecule has 56 valence electrons. The Morgan fingerprint density at radius 3 is 3.27 bits per heavy atom. The van der Waals surface area contributed by atoms with E-state index in [1.54, 1.807) is 6.20 Å². The topological polar surface area (TPSA) is 52.5 Å². The molecule has 0 saturated carbocycles. The molecular formula is C7H6BrN3. The van der Waals surface area contributed by atoms with E-state index >= 15 is 0 Å². The van der Waals surface area contributed by atoms with Crippen LogP contribution in [0.25, 0.3) is 6.08 Å². The Morgan fingerprint density at radius 1 is 1.82 bits per heavy atom. The number of rotatable bonds is 2. The minimum absolute atomic E-state index is 0.502. The molecule has 4 heteroatoms. The van der Waals surface area contributed by atoms with Gasteiger partial charge in [0.15, 0.2) is 0 Å². The number of halogens is 1. The molecule has 0 bridgehead atoms. The number of alkyl halides is 1. The SMILES string of the molecule is N#Cc1[nH]ncc1C=CCBr. The van der Waals surface area contributed by atoms with Crippen LogP contribution in [0.2, 0.25) is 0 Å². The van der Waals surface area contributed by atoms with E-state index in [1.807, 2.05) is 18.2 Å².